The van der Waals surface area contributed by atoms with Gasteiger partial charge in [-0.25, -0.2) is 4.79 Å². The number of carbonyl (C=O) groups excluding carboxylic acids is 3. The van der Waals surface area contributed by atoms with Gasteiger partial charge >= 0.3 is 6.03 Å². The monoisotopic (exact) mass is 460 g/mol. The molecule has 3 aromatic rings. The number of hydrogen-bond donors (Lipinski definition) is 2. The first-order valence-electron chi connectivity index (χ1n) is 10.6. The summed E-state index contributed by atoms with van der Waals surface area (Å²) in [6.45, 7) is -0.0756. The van der Waals surface area contributed by atoms with Gasteiger partial charge in [-0.2, -0.15) is 0 Å². The number of rotatable bonds is 9. The maximum absolute atomic E-state index is 13.4. The smallest absolute Gasteiger partial charge is 0.321 e. The highest BCUT2D eigenvalue weighted by molar-refractivity contribution is 5.98. The van der Waals surface area contributed by atoms with Crippen LogP contribution in [0.1, 0.15) is 27.4 Å². The number of nitro benzene ring substituents is 1. The van der Waals surface area contributed by atoms with Crippen LogP contribution in [-0.4, -0.2) is 40.8 Å². The van der Waals surface area contributed by atoms with Crippen molar-refractivity contribution in [2.24, 2.45) is 5.73 Å². The van der Waals surface area contributed by atoms with Crippen LogP contribution in [0.25, 0.3) is 0 Å². The Morgan fingerprint density at radius 1 is 0.912 bits per heavy atom. The number of non-ortho nitro benzene ring substituents is 1. The number of carbonyl (C=O) groups is 3. The fourth-order valence-corrected chi connectivity index (χ4v) is 3.47. The molecule has 0 aliphatic carbocycles. The summed E-state index contributed by atoms with van der Waals surface area (Å²) in [5.41, 5.74) is 7.12. The minimum absolute atomic E-state index is 0.0499. The molecule has 3 N–H and O–H groups in total. The van der Waals surface area contributed by atoms with E-state index in [1.807, 2.05) is 30.3 Å². The van der Waals surface area contributed by atoms with E-state index in [1.165, 1.54) is 24.3 Å². The van der Waals surface area contributed by atoms with E-state index < -0.39 is 28.7 Å². The highest BCUT2D eigenvalue weighted by Crippen LogP contribution is 2.22. The van der Waals surface area contributed by atoms with Crippen molar-refractivity contribution in [1.29, 1.82) is 0 Å². The van der Waals surface area contributed by atoms with Crippen molar-refractivity contribution in [3.8, 4) is 0 Å². The number of benzene rings is 3. The molecule has 3 rings (SSSR count). The molecule has 9 heteroatoms. The molecule has 0 aromatic heterocycles. The lowest BCUT2D eigenvalue weighted by Gasteiger charge is -2.25. The van der Waals surface area contributed by atoms with E-state index in [4.69, 9.17) is 5.73 Å². The summed E-state index contributed by atoms with van der Waals surface area (Å²) >= 11 is 0. The Bertz CT molecular complexity index is 1150. The molecule has 0 radical (unpaired) electrons. The highest BCUT2D eigenvalue weighted by Gasteiger charge is 2.29. The second kappa shape index (κ2) is 11.4. The Hall–Kier alpha value is -4.53. The molecule has 0 saturated heterocycles. The lowest BCUT2D eigenvalue weighted by atomic mass is 9.96. The van der Waals surface area contributed by atoms with Crippen LogP contribution in [0.5, 0.6) is 0 Å². The van der Waals surface area contributed by atoms with E-state index in [0.717, 1.165) is 10.5 Å². The number of nitrogens with two attached hydrogens (primary N) is 1. The third kappa shape index (κ3) is 6.26. The minimum atomic E-state index is -0.975. The first-order valence-corrected chi connectivity index (χ1v) is 10.6. The van der Waals surface area contributed by atoms with E-state index in [9.17, 15) is 24.5 Å². The third-order valence-electron chi connectivity index (χ3n) is 5.31. The molecule has 0 fully saturated rings. The predicted octanol–water partition coefficient (Wildman–Crippen LogP) is 3.26. The van der Waals surface area contributed by atoms with Gasteiger partial charge in [0.05, 0.1) is 10.8 Å². The lowest BCUT2D eigenvalue weighted by Crippen LogP contribution is -2.46. The summed E-state index contributed by atoms with van der Waals surface area (Å²) in [6, 6.07) is 22.3. The van der Waals surface area contributed by atoms with Gasteiger partial charge in [0.15, 0.2) is 0 Å². The molecule has 0 saturated carbocycles. The standard InChI is InChI=1S/C25H24N4O5/c26-25(32)28(16-15-18-7-3-1-4-8-18)24(31)22(19-11-13-21(14-12-19)29(33)34)17-27-23(30)20-9-5-2-6-10-20/h1-14,22H,15-17H2,(H2,26,32)(H,27,30)/t22-/m1/s1. The number of hydrogen-bond acceptors (Lipinski definition) is 5. The number of nitro groups is 1. The fraction of sp³-hybridized carbons (Fsp3) is 0.160. The van der Waals surface area contributed by atoms with Crippen LogP contribution in [0.4, 0.5) is 10.5 Å². The van der Waals surface area contributed by atoms with Crippen LogP contribution < -0.4 is 11.1 Å². The first kappa shape index (κ1) is 24.1. The van der Waals surface area contributed by atoms with Crippen molar-refractivity contribution in [3.05, 3.63) is 112 Å². The first-order chi connectivity index (χ1) is 16.4. The average molecular weight is 460 g/mol. The molecular weight excluding hydrogens is 436 g/mol. The zero-order valence-electron chi connectivity index (χ0n) is 18.3. The number of imide groups is 1. The summed E-state index contributed by atoms with van der Waals surface area (Å²) in [7, 11) is 0. The van der Waals surface area contributed by atoms with Gasteiger partial charge in [-0.15, -0.1) is 0 Å². The van der Waals surface area contributed by atoms with Gasteiger partial charge < -0.3 is 11.1 Å². The van der Waals surface area contributed by atoms with Crippen LogP contribution in [-0.2, 0) is 11.2 Å². The second-order valence-electron chi connectivity index (χ2n) is 7.54. The number of nitrogens with one attached hydrogen (secondary N) is 1. The molecule has 0 aliphatic heterocycles. The molecule has 174 valence electrons. The molecule has 0 bridgehead atoms. The van der Waals surface area contributed by atoms with Gasteiger partial charge in [-0.05, 0) is 29.7 Å². The van der Waals surface area contributed by atoms with Gasteiger partial charge in [-0.3, -0.25) is 24.6 Å². The Morgan fingerprint density at radius 3 is 2.06 bits per heavy atom. The highest BCUT2D eigenvalue weighted by atomic mass is 16.6. The summed E-state index contributed by atoms with van der Waals surface area (Å²) in [5, 5.41) is 13.7. The Labute approximate surface area is 196 Å². The van der Waals surface area contributed by atoms with Crippen LogP contribution in [0.2, 0.25) is 0 Å². The van der Waals surface area contributed by atoms with Crippen LogP contribution in [0.15, 0.2) is 84.9 Å². The molecule has 0 unspecified atom stereocenters. The van der Waals surface area contributed by atoms with Gasteiger partial charge in [0.25, 0.3) is 11.6 Å². The van der Waals surface area contributed by atoms with E-state index in [-0.39, 0.29) is 18.8 Å². The molecular formula is C25H24N4O5. The Morgan fingerprint density at radius 2 is 1.50 bits per heavy atom. The van der Waals surface area contributed by atoms with Crippen molar-refractivity contribution in [2.45, 2.75) is 12.3 Å². The maximum Gasteiger partial charge on any atom is 0.321 e. The normalized spacial score (nSPS) is 11.3. The van der Waals surface area contributed by atoms with Crippen molar-refractivity contribution >= 4 is 23.5 Å². The van der Waals surface area contributed by atoms with E-state index in [0.29, 0.717) is 17.5 Å². The van der Waals surface area contributed by atoms with Crippen molar-refractivity contribution in [2.75, 3.05) is 13.1 Å². The fourth-order valence-electron chi connectivity index (χ4n) is 3.47. The van der Waals surface area contributed by atoms with E-state index in [2.05, 4.69) is 5.32 Å². The molecule has 9 nitrogen and oxygen atoms in total. The lowest BCUT2D eigenvalue weighted by molar-refractivity contribution is -0.384. The number of primary amides is 1. The molecule has 0 heterocycles. The molecule has 0 spiro atoms. The number of urea groups is 1. The maximum atomic E-state index is 13.4. The van der Waals surface area contributed by atoms with Gasteiger partial charge in [0, 0.05) is 30.8 Å². The zero-order valence-corrected chi connectivity index (χ0v) is 18.3. The van der Waals surface area contributed by atoms with Crippen LogP contribution in [0, 0.1) is 10.1 Å². The molecule has 34 heavy (non-hydrogen) atoms. The van der Waals surface area contributed by atoms with Crippen LogP contribution >= 0.6 is 0 Å². The summed E-state index contributed by atoms with van der Waals surface area (Å²) < 4.78 is 0. The molecule has 4 amide bonds. The zero-order chi connectivity index (χ0) is 24.5. The summed E-state index contributed by atoms with van der Waals surface area (Å²) in [4.78, 5) is 49.5. The SMILES string of the molecule is NC(=O)N(CCc1ccccc1)C(=O)[C@H](CNC(=O)c1ccccc1)c1ccc([N+](=O)[O-])cc1. The van der Waals surface area contributed by atoms with Crippen molar-refractivity contribution < 1.29 is 19.3 Å². The average Bonchev–Trinajstić information content (AvgIpc) is 2.85. The van der Waals surface area contributed by atoms with Crippen molar-refractivity contribution in [3.63, 3.8) is 0 Å². The number of nitrogens with zero attached hydrogens (tertiary/aromatic N) is 2. The molecule has 0 aliphatic rings. The second-order valence-corrected chi connectivity index (χ2v) is 7.54. The van der Waals surface area contributed by atoms with Gasteiger partial charge in [0.2, 0.25) is 5.91 Å². The summed E-state index contributed by atoms with van der Waals surface area (Å²) in [6.07, 6.45) is 0.402. The molecule has 1 atom stereocenters. The Balaban J connectivity index is 1.83. The Kier molecular flexibility index (Phi) is 8.07. The summed E-state index contributed by atoms with van der Waals surface area (Å²) in [5.74, 6) is -1.97. The number of amides is 4. The van der Waals surface area contributed by atoms with Crippen LogP contribution in [0.3, 0.4) is 0 Å². The van der Waals surface area contributed by atoms with E-state index >= 15 is 0 Å². The van der Waals surface area contributed by atoms with E-state index in [1.54, 1.807) is 30.3 Å². The minimum Gasteiger partial charge on any atom is -0.351 e. The molecule has 3 aromatic carbocycles. The third-order valence-corrected chi connectivity index (χ3v) is 5.31. The van der Waals surface area contributed by atoms with Crippen molar-refractivity contribution in [1.82, 2.24) is 10.2 Å². The largest absolute Gasteiger partial charge is 0.351 e. The van der Waals surface area contributed by atoms with Gasteiger partial charge in [-0.1, -0.05) is 60.7 Å². The predicted molar refractivity (Wildman–Crippen MR) is 126 cm³/mol. The topological polar surface area (TPSA) is 136 Å². The van der Waals surface area contributed by atoms with Gasteiger partial charge in [0.1, 0.15) is 0 Å². The quantitative estimate of drug-likeness (QED) is 0.373.